The van der Waals surface area contributed by atoms with Crippen LogP contribution in [0, 0.1) is 22.5 Å². The topological polar surface area (TPSA) is 52.4 Å². The van der Waals surface area contributed by atoms with Crippen LogP contribution in [-0.4, -0.2) is 11.7 Å². The Labute approximate surface area is 52.9 Å². The molecule has 1 saturated carbocycles. The molecule has 0 aromatic heterocycles. The van der Waals surface area contributed by atoms with E-state index in [1.165, 1.54) is 0 Å². The number of nitrogens with zero attached hydrogens (tertiary/aromatic N) is 1. The van der Waals surface area contributed by atoms with E-state index in [2.05, 4.69) is 11.3 Å². The Morgan fingerprint density at radius 2 is 2.44 bits per heavy atom. The van der Waals surface area contributed by atoms with Crippen LogP contribution in [0.5, 0.6) is 0 Å². The van der Waals surface area contributed by atoms with Gasteiger partial charge in [-0.1, -0.05) is 0 Å². The second-order valence-electron chi connectivity index (χ2n) is 2.15. The Balaban J connectivity index is 1.97. The second kappa shape index (κ2) is 2.66. The Kier molecular flexibility index (Phi) is 1.87. The summed E-state index contributed by atoms with van der Waals surface area (Å²) in [6.07, 6.45) is 4.02. The molecule has 0 aromatic rings. The summed E-state index contributed by atoms with van der Waals surface area (Å²) in [5.74, 6) is 0.399. The zero-order valence-electron chi connectivity index (χ0n) is 4.95. The van der Waals surface area contributed by atoms with Crippen LogP contribution in [0.25, 0.3) is 0 Å². The van der Waals surface area contributed by atoms with Gasteiger partial charge >= 0.3 is 0 Å². The van der Waals surface area contributed by atoms with Gasteiger partial charge in [0.1, 0.15) is 0 Å². The van der Waals surface area contributed by atoms with Crippen LogP contribution in [0.2, 0.25) is 0 Å². The third-order valence-corrected chi connectivity index (χ3v) is 1.42. The van der Waals surface area contributed by atoms with Crippen molar-refractivity contribution in [1.29, 1.82) is 0 Å². The van der Waals surface area contributed by atoms with Crippen molar-refractivity contribution in [3.05, 3.63) is 16.5 Å². The minimum atomic E-state index is -0.738. The predicted octanol–water partition coefficient (Wildman–Crippen LogP) is 0.809. The molecule has 0 aromatic carbocycles. The molecule has 0 amide bonds. The van der Waals surface area contributed by atoms with Crippen LogP contribution < -0.4 is 0 Å². The monoisotopic (exact) mass is 130 g/mol. The van der Waals surface area contributed by atoms with Gasteiger partial charge in [0.15, 0.2) is 0 Å². The van der Waals surface area contributed by atoms with E-state index in [0.29, 0.717) is 5.92 Å². The lowest BCUT2D eigenvalue weighted by Gasteiger charge is -2.22. The zero-order chi connectivity index (χ0) is 6.69. The molecule has 4 nitrogen and oxygen atoms in total. The summed E-state index contributed by atoms with van der Waals surface area (Å²) in [6.45, 7) is 0.267. The van der Waals surface area contributed by atoms with Crippen LogP contribution in [0.1, 0.15) is 12.8 Å². The van der Waals surface area contributed by atoms with Crippen molar-refractivity contribution < 1.29 is 9.92 Å². The largest absolute Gasteiger partial charge is 0.314 e. The highest BCUT2D eigenvalue weighted by Gasteiger charge is 2.18. The van der Waals surface area contributed by atoms with Gasteiger partial charge in [-0.05, 0) is 25.2 Å². The summed E-state index contributed by atoms with van der Waals surface area (Å²) in [4.78, 5) is 13.8. The van der Waals surface area contributed by atoms with Crippen molar-refractivity contribution in [2.24, 2.45) is 5.92 Å². The molecule has 0 saturated heterocycles. The first-order valence-electron chi connectivity index (χ1n) is 2.88. The van der Waals surface area contributed by atoms with Crippen LogP contribution in [0.15, 0.2) is 0 Å². The second-order valence-corrected chi connectivity index (χ2v) is 2.15. The van der Waals surface area contributed by atoms with Gasteiger partial charge in [-0.25, -0.2) is 0 Å². The van der Waals surface area contributed by atoms with Crippen molar-refractivity contribution >= 4 is 0 Å². The molecule has 51 valence electrons. The summed E-state index contributed by atoms with van der Waals surface area (Å²) in [7, 11) is 0. The van der Waals surface area contributed by atoms with Crippen molar-refractivity contribution in [2.75, 3.05) is 6.61 Å². The SMILES string of the molecule is O=[N+]([O-])OCC1C[CH]C1. The highest BCUT2D eigenvalue weighted by Crippen LogP contribution is 2.24. The lowest BCUT2D eigenvalue weighted by molar-refractivity contribution is -0.759. The summed E-state index contributed by atoms with van der Waals surface area (Å²) >= 11 is 0. The smallest absolute Gasteiger partial charge is 0.294 e. The van der Waals surface area contributed by atoms with Crippen molar-refractivity contribution in [1.82, 2.24) is 0 Å². The van der Waals surface area contributed by atoms with E-state index in [1.807, 2.05) is 0 Å². The fourth-order valence-electron chi connectivity index (χ4n) is 0.705. The van der Waals surface area contributed by atoms with Crippen molar-refractivity contribution in [3.8, 4) is 0 Å². The summed E-state index contributed by atoms with van der Waals surface area (Å²) in [5, 5.41) is 8.88. The molecule has 1 rings (SSSR count). The molecule has 0 atom stereocenters. The standard InChI is InChI=1S/C5H8NO3/c7-6(8)9-4-5-2-1-3-5/h1,5H,2-4H2. The van der Waals surface area contributed by atoms with E-state index in [9.17, 15) is 10.1 Å². The molecule has 0 spiro atoms. The van der Waals surface area contributed by atoms with E-state index in [0.717, 1.165) is 12.8 Å². The molecule has 1 aliphatic carbocycles. The fraction of sp³-hybridized carbons (Fsp3) is 0.800. The van der Waals surface area contributed by atoms with E-state index in [4.69, 9.17) is 0 Å². The van der Waals surface area contributed by atoms with Crippen molar-refractivity contribution in [3.63, 3.8) is 0 Å². The molecule has 0 unspecified atom stereocenters. The maximum Gasteiger partial charge on any atom is 0.294 e. The van der Waals surface area contributed by atoms with Crippen LogP contribution in [-0.2, 0) is 4.84 Å². The zero-order valence-corrected chi connectivity index (χ0v) is 4.95. The Hall–Kier alpha value is -0.800. The molecule has 4 heteroatoms. The van der Waals surface area contributed by atoms with Gasteiger partial charge < -0.3 is 4.84 Å². The van der Waals surface area contributed by atoms with Gasteiger partial charge in [0.25, 0.3) is 5.09 Å². The third kappa shape index (κ3) is 1.87. The highest BCUT2D eigenvalue weighted by atomic mass is 16.9. The molecule has 1 radical (unpaired) electrons. The third-order valence-electron chi connectivity index (χ3n) is 1.42. The van der Waals surface area contributed by atoms with Crippen LogP contribution in [0.4, 0.5) is 0 Å². The Morgan fingerprint density at radius 1 is 1.78 bits per heavy atom. The quantitative estimate of drug-likeness (QED) is 0.419. The fourth-order valence-corrected chi connectivity index (χ4v) is 0.705. The van der Waals surface area contributed by atoms with E-state index in [1.54, 1.807) is 0 Å². The molecule has 0 heterocycles. The van der Waals surface area contributed by atoms with Gasteiger partial charge in [-0.15, -0.1) is 10.1 Å². The molecular formula is C5H8NO3. The molecule has 1 aliphatic rings. The van der Waals surface area contributed by atoms with Gasteiger partial charge in [-0.2, -0.15) is 0 Å². The van der Waals surface area contributed by atoms with Crippen LogP contribution in [0.3, 0.4) is 0 Å². The predicted molar refractivity (Wildman–Crippen MR) is 30.0 cm³/mol. The molecule has 1 fully saturated rings. The maximum absolute atomic E-state index is 9.62. The first-order chi connectivity index (χ1) is 4.29. The summed E-state index contributed by atoms with van der Waals surface area (Å²) in [6, 6.07) is 0. The molecular weight excluding hydrogens is 122 g/mol. The Bertz CT molecular complexity index is 111. The van der Waals surface area contributed by atoms with Gasteiger partial charge in [0.2, 0.25) is 0 Å². The number of rotatable bonds is 3. The van der Waals surface area contributed by atoms with Gasteiger partial charge in [0.05, 0.1) is 6.61 Å². The van der Waals surface area contributed by atoms with Gasteiger partial charge in [0, 0.05) is 0 Å². The minimum Gasteiger partial charge on any atom is -0.314 e. The lowest BCUT2D eigenvalue weighted by Crippen LogP contribution is -2.19. The average Bonchev–Trinajstić information content (AvgIpc) is 1.60. The summed E-state index contributed by atoms with van der Waals surface area (Å²) in [5.41, 5.74) is 0. The number of hydrogen-bond donors (Lipinski definition) is 0. The molecule has 0 bridgehead atoms. The molecule has 0 aliphatic heterocycles. The van der Waals surface area contributed by atoms with Crippen LogP contribution >= 0.6 is 0 Å². The first-order valence-corrected chi connectivity index (χ1v) is 2.88. The van der Waals surface area contributed by atoms with E-state index >= 15 is 0 Å². The maximum atomic E-state index is 9.62. The molecule has 9 heavy (non-hydrogen) atoms. The lowest BCUT2D eigenvalue weighted by atomic mass is 9.86. The van der Waals surface area contributed by atoms with E-state index < -0.39 is 5.09 Å². The van der Waals surface area contributed by atoms with Crippen molar-refractivity contribution in [2.45, 2.75) is 12.8 Å². The highest BCUT2D eigenvalue weighted by molar-refractivity contribution is 4.84. The normalized spacial score (nSPS) is 18.7. The molecule has 0 N–H and O–H groups in total. The minimum absolute atomic E-state index is 0.267. The van der Waals surface area contributed by atoms with Gasteiger partial charge in [-0.3, -0.25) is 0 Å². The summed E-state index contributed by atoms with van der Waals surface area (Å²) < 4.78 is 0. The van der Waals surface area contributed by atoms with E-state index in [-0.39, 0.29) is 6.61 Å². The number of hydrogen-bond acceptors (Lipinski definition) is 3. The first kappa shape index (κ1) is 6.32. The Morgan fingerprint density at radius 3 is 2.78 bits per heavy atom. The average molecular weight is 130 g/mol.